The van der Waals surface area contributed by atoms with E-state index in [1.54, 1.807) is 18.3 Å². The molecule has 138 valence electrons. The van der Waals surface area contributed by atoms with Crippen molar-refractivity contribution in [1.29, 1.82) is 0 Å². The second-order valence-corrected chi connectivity index (χ2v) is 7.50. The Morgan fingerprint density at radius 3 is 2.59 bits per heavy atom. The fourth-order valence-corrected chi connectivity index (χ4v) is 3.51. The van der Waals surface area contributed by atoms with Gasteiger partial charge in [0.15, 0.2) is 0 Å². The number of carbonyl (C=O) groups is 1. The lowest BCUT2D eigenvalue weighted by Gasteiger charge is -2.11. The highest BCUT2D eigenvalue weighted by Crippen LogP contribution is 2.26. The number of aryl methyl sites for hydroxylation is 1. The summed E-state index contributed by atoms with van der Waals surface area (Å²) in [6.07, 6.45) is 1.93. The summed E-state index contributed by atoms with van der Waals surface area (Å²) >= 11 is 9.45. The van der Waals surface area contributed by atoms with Crippen molar-refractivity contribution in [3.8, 4) is 5.69 Å². The molecule has 1 amide bonds. The molecule has 3 aromatic rings. The summed E-state index contributed by atoms with van der Waals surface area (Å²) in [4.78, 5) is 12.0. The van der Waals surface area contributed by atoms with Crippen molar-refractivity contribution in [3.63, 3.8) is 0 Å². The average molecular weight is 445 g/mol. The van der Waals surface area contributed by atoms with Crippen LogP contribution in [0.15, 0.2) is 64.2 Å². The van der Waals surface area contributed by atoms with E-state index in [1.165, 1.54) is 0 Å². The van der Waals surface area contributed by atoms with E-state index in [2.05, 4.69) is 37.1 Å². The quantitative estimate of drug-likeness (QED) is 0.426. The van der Waals surface area contributed by atoms with E-state index in [9.17, 15) is 4.79 Å². The average Bonchev–Trinajstić information content (AvgIpc) is 2.91. The molecule has 1 aromatic heterocycles. The zero-order valence-electron chi connectivity index (χ0n) is 15.0. The Kier molecular flexibility index (Phi) is 6.14. The van der Waals surface area contributed by atoms with Gasteiger partial charge in [-0.15, -0.1) is 0 Å². The van der Waals surface area contributed by atoms with Gasteiger partial charge in [0, 0.05) is 26.4 Å². The van der Waals surface area contributed by atoms with Crippen LogP contribution in [-0.2, 0) is 11.2 Å². The number of aromatic nitrogens is 1. The Labute approximate surface area is 172 Å². The Hall–Kier alpha value is -2.37. The van der Waals surface area contributed by atoms with Gasteiger partial charge in [-0.3, -0.25) is 4.79 Å². The summed E-state index contributed by atoms with van der Waals surface area (Å²) in [5.74, 6) is -0.173. The highest BCUT2D eigenvalue weighted by molar-refractivity contribution is 9.10. The van der Waals surface area contributed by atoms with Crippen molar-refractivity contribution in [2.75, 3.05) is 0 Å². The predicted octanol–water partition coefficient (Wildman–Crippen LogP) is 5.20. The Balaban J connectivity index is 1.71. The van der Waals surface area contributed by atoms with Crippen molar-refractivity contribution in [3.05, 3.63) is 86.6 Å². The third kappa shape index (κ3) is 4.67. The highest BCUT2D eigenvalue weighted by atomic mass is 79.9. The van der Waals surface area contributed by atoms with Gasteiger partial charge < -0.3 is 4.57 Å². The molecule has 27 heavy (non-hydrogen) atoms. The number of hydrogen-bond acceptors (Lipinski definition) is 2. The standard InChI is InChI=1S/C21H19BrClN3O/c1-14-11-17(15(2)26(14)20-6-4-3-5-19(20)22)13-24-25-21(27)12-16-7-9-18(23)10-8-16/h3-11,13H,12H2,1-2H3,(H,25,27)/b24-13-. The maximum absolute atomic E-state index is 12.0. The lowest BCUT2D eigenvalue weighted by Crippen LogP contribution is -2.19. The molecule has 3 rings (SSSR count). The molecule has 0 atom stereocenters. The first-order valence-electron chi connectivity index (χ1n) is 8.46. The minimum absolute atomic E-state index is 0.173. The van der Waals surface area contributed by atoms with E-state index in [1.807, 2.05) is 50.2 Å². The summed E-state index contributed by atoms with van der Waals surface area (Å²) in [7, 11) is 0. The van der Waals surface area contributed by atoms with Crippen LogP contribution >= 0.6 is 27.5 Å². The number of para-hydroxylation sites is 1. The van der Waals surface area contributed by atoms with Crippen LogP contribution in [0, 0.1) is 13.8 Å². The molecule has 0 spiro atoms. The van der Waals surface area contributed by atoms with Crippen molar-refractivity contribution >= 4 is 39.7 Å². The van der Waals surface area contributed by atoms with Crippen LogP contribution in [0.25, 0.3) is 5.69 Å². The van der Waals surface area contributed by atoms with Gasteiger partial charge in [0.05, 0.1) is 18.3 Å². The van der Waals surface area contributed by atoms with E-state index >= 15 is 0 Å². The topological polar surface area (TPSA) is 46.4 Å². The van der Waals surface area contributed by atoms with Gasteiger partial charge in [-0.2, -0.15) is 5.10 Å². The van der Waals surface area contributed by atoms with E-state index in [-0.39, 0.29) is 12.3 Å². The van der Waals surface area contributed by atoms with Gasteiger partial charge in [0.1, 0.15) is 0 Å². The summed E-state index contributed by atoms with van der Waals surface area (Å²) in [5, 5.41) is 4.76. The third-order valence-electron chi connectivity index (χ3n) is 4.23. The van der Waals surface area contributed by atoms with Gasteiger partial charge >= 0.3 is 0 Å². The fourth-order valence-electron chi connectivity index (χ4n) is 2.92. The van der Waals surface area contributed by atoms with Crippen LogP contribution in [0.2, 0.25) is 5.02 Å². The van der Waals surface area contributed by atoms with Crippen molar-refractivity contribution in [2.24, 2.45) is 5.10 Å². The van der Waals surface area contributed by atoms with Gasteiger partial charge in [-0.1, -0.05) is 35.9 Å². The number of halogens is 2. The molecule has 4 nitrogen and oxygen atoms in total. The minimum Gasteiger partial charge on any atom is -0.317 e. The molecule has 2 aromatic carbocycles. The molecule has 0 unspecified atom stereocenters. The summed E-state index contributed by atoms with van der Waals surface area (Å²) < 4.78 is 3.17. The van der Waals surface area contributed by atoms with Crippen LogP contribution < -0.4 is 5.43 Å². The maximum atomic E-state index is 12.0. The highest BCUT2D eigenvalue weighted by Gasteiger charge is 2.11. The normalized spacial score (nSPS) is 11.1. The maximum Gasteiger partial charge on any atom is 0.244 e. The Morgan fingerprint density at radius 1 is 1.19 bits per heavy atom. The molecule has 0 radical (unpaired) electrons. The van der Waals surface area contributed by atoms with Crippen LogP contribution in [0.1, 0.15) is 22.5 Å². The first-order chi connectivity index (χ1) is 13.0. The van der Waals surface area contributed by atoms with Crippen LogP contribution in [-0.4, -0.2) is 16.7 Å². The van der Waals surface area contributed by atoms with Gasteiger partial charge in [0.25, 0.3) is 0 Å². The molecule has 0 aliphatic rings. The molecule has 0 saturated carbocycles. The van der Waals surface area contributed by atoms with Crippen molar-refractivity contribution in [2.45, 2.75) is 20.3 Å². The first-order valence-corrected chi connectivity index (χ1v) is 9.63. The summed E-state index contributed by atoms with van der Waals surface area (Å²) in [5.41, 5.74) is 7.63. The number of nitrogens with one attached hydrogen (secondary N) is 1. The van der Waals surface area contributed by atoms with E-state index in [4.69, 9.17) is 11.6 Å². The predicted molar refractivity (Wildman–Crippen MR) is 114 cm³/mol. The van der Waals surface area contributed by atoms with E-state index < -0.39 is 0 Å². The zero-order valence-corrected chi connectivity index (χ0v) is 17.4. The second kappa shape index (κ2) is 8.55. The second-order valence-electron chi connectivity index (χ2n) is 6.21. The summed E-state index contributed by atoms with van der Waals surface area (Å²) in [6.45, 7) is 4.08. The molecule has 0 aliphatic heterocycles. The van der Waals surface area contributed by atoms with Gasteiger partial charge in [-0.05, 0) is 65.7 Å². The van der Waals surface area contributed by atoms with Crippen molar-refractivity contribution < 1.29 is 4.79 Å². The Bertz CT molecular complexity index is 993. The fraction of sp³-hybridized carbons (Fsp3) is 0.143. The molecule has 1 heterocycles. The van der Waals surface area contributed by atoms with Crippen LogP contribution in [0.5, 0.6) is 0 Å². The lowest BCUT2D eigenvalue weighted by molar-refractivity contribution is -0.120. The number of rotatable bonds is 5. The smallest absolute Gasteiger partial charge is 0.244 e. The zero-order chi connectivity index (χ0) is 19.4. The number of nitrogens with zero attached hydrogens (tertiary/aromatic N) is 2. The van der Waals surface area contributed by atoms with Gasteiger partial charge in [-0.25, -0.2) is 5.43 Å². The van der Waals surface area contributed by atoms with Crippen LogP contribution in [0.4, 0.5) is 0 Å². The molecule has 0 fully saturated rings. The number of hydrogen-bond donors (Lipinski definition) is 1. The molecule has 6 heteroatoms. The molecule has 0 aliphatic carbocycles. The number of hydrazone groups is 1. The molecule has 0 bridgehead atoms. The van der Waals surface area contributed by atoms with Crippen molar-refractivity contribution in [1.82, 2.24) is 9.99 Å². The lowest BCUT2D eigenvalue weighted by atomic mass is 10.1. The van der Waals surface area contributed by atoms with E-state index in [0.717, 1.165) is 32.7 Å². The van der Waals surface area contributed by atoms with Crippen LogP contribution in [0.3, 0.4) is 0 Å². The minimum atomic E-state index is -0.173. The molecule has 1 N–H and O–H groups in total. The summed E-state index contributed by atoms with van der Waals surface area (Å²) in [6, 6.07) is 17.3. The number of amides is 1. The molecule has 0 saturated heterocycles. The molecular formula is C21H19BrClN3O. The third-order valence-corrected chi connectivity index (χ3v) is 5.16. The molecular weight excluding hydrogens is 426 g/mol. The number of carbonyl (C=O) groups excluding carboxylic acids is 1. The van der Waals surface area contributed by atoms with E-state index in [0.29, 0.717) is 5.02 Å². The largest absolute Gasteiger partial charge is 0.317 e. The monoisotopic (exact) mass is 443 g/mol. The van der Waals surface area contributed by atoms with Gasteiger partial charge in [0.2, 0.25) is 5.91 Å². The first kappa shape index (κ1) is 19.4. The SMILES string of the molecule is Cc1cc(/C=N\NC(=O)Cc2ccc(Cl)cc2)c(C)n1-c1ccccc1Br. The Morgan fingerprint density at radius 2 is 1.89 bits per heavy atom. The number of benzene rings is 2.